The lowest BCUT2D eigenvalue weighted by Crippen LogP contribution is -2.36. The van der Waals surface area contributed by atoms with Crippen LogP contribution in [0, 0.1) is 5.82 Å². The SMILES string of the molecule is CC(CCNC(C)(C)C)c1ccccc1F. The van der Waals surface area contributed by atoms with Crippen molar-refractivity contribution in [2.24, 2.45) is 0 Å². The van der Waals surface area contributed by atoms with E-state index in [0.717, 1.165) is 18.5 Å². The minimum Gasteiger partial charge on any atom is -0.312 e. The quantitative estimate of drug-likeness (QED) is 0.820. The third kappa shape index (κ3) is 4.31. The van der Waals surface area contributed by atoms with E-state index in [1.165, 1.54) is 6.07 Å². The van der Waals surface area contributed by atoms with Crippen LogP contribution in [0.25, 0.3) is 0 Å². The molecule has 1 rings (SSSR count). The zero-order valence-electron chi connectivity index (χ0n) is 10.7. The zero-order valence-corrected chi connectivity index (χ0v) is 10.7. The summed E-state index contributed by atoms with van der Waals surface area (Å²) in [6.07, 6.45) is 0.957. The average molecular weight is 223 g/mol. The molecule has 16 heavy (non-hydrogen) atoms. The highest BCUT2D eigenvalue weighted by Gasteiger charge is 2.12. The Balaban J connectivity index is 2.47. The molecule has 1 atom stereocenters. The van der Waals surface area contributed by atoms with Crippen molar-refractivity contribution in [3.8, 4) is 0 Å². The first-order valence-corrected chi connectivity index (χ1v) is 5.89. The van der Waals surface area contributed by atoms with E-state index >= 15 is 0 Å². The molecule has 0 aliphatic rings. The van der Waals surface area contributed by atoms with Gasteiger partial charge >= 0.3 is 0 Å². The van der Waals surface area contributed by atoms with Crippen molar-refractivity contribution in [1.82, 2.24) is 5.32 Å². The maximum atomic E-state index is 13.5. The number of benzene rings is 1. The molecule has 0 heterocycles. The minimum atomic E-state index is -0.0919. The summed E-state index contributed by atoms with van der Waals surface area (Å²) < 4.78 is 13.5. The number of hydrogen-bond acceptors (Lipinski definition) is 1. The summed E-state index contributed by atoms with van der Waals surface area (Å²) in [6.45, 7) is 9.41. The molecular formula is C14H22FN. The third-order valence-corrected chi connectivity index (χ3v) is 2.67. The summed E-state index contributed by atoms with van der Waals surface area (Å²) in [7, 11) is 0. The van der Waals surface area contributed by atoms with Crippen molar-refractivity contribution < 1.29 is 4.39 Å². The topological polar surface area (TPSA) is 12.0 Å². The van der Waals surface area contributed by atoms with Gasteiger partial charge in [-0.25, -0.2) is 4.39 Å². The van der Waals surface area contributed by atoms with Crippen molar-refractivity contribution in [3.63, 3.8) is 0 Å². The van der Waals surface area contributed by atoms with Crippen LogP contribution in [0.5, 0.6) is 0 Å². The van der Waals surface area contributed by atoms with Crippen LogP contribution in [0.2, 0.25) is 0 Å². The molecule has 1 unspecified atom stereocenters. The van der Waals surface area contributed by atoms with E-state index in [-0.39, 0.29) is 17.3 Å². The molecule has 1 aromatic rings. The third-order valence-electron chi connectivity index (χ3n) is 2.67. The molecule has 0 spiro atoms. The van der Waals surface area contributed by atoms with Gasteiger partial charge < -0.3 is 5.32 Å². The molecule has 0 aromatic heterocycles. The fourth-order valence-corrected chi connectivity index (χ4v) is 1.69. The fourth-order valence-electron chi connectivity index (χ4n) is 1.69. The Kier molecular flexibility index (Phi) is 4.48. The monoisotopic (exact) mass is 223 g/mol. The Bertz CT molecular complexity index is 328. The van der Waals surface area contributed by atoms with Crippen molar-refractivity contribution in [3.05, 3.63) is 35.6 Å². The van der Waals surface area contributed by atoms with Crippen LogP contribution >= 0.6 is 0 Å². The van der Waals surface area contributed by atoms with Crippen molar-refractivity contribution in [2.45, 2.75) is 45.6 Å². The van der Waals surface area contributed by atoms with Gasteiger partial charge in [0.05, 0.1) is 0 Å². The molecule has 1 aromatic carbocycles. The van der Waals surface area contributed by atoms with Crippen molar-refractivity contribution in [1.29, 1.82) is 0 Å². The maximum Gasteiger partial charge on any atom is 0.126 e. The normalized spacial score (nSPS) is 13.8. The van der Waals surface area contributed by atoms with Gasteiger partial charge in [0, 0.05) is 5.54 Å². The molecule has 90 valence electrons. The van der Waals surface area contributed by atoms with Crippen LogP contribution in [-0.4, -0.2) is 12.1 Å². The lowest BCUT2D eigenvalue weighted by Gasteiger charge is -2.22. The van der Waals surface area contributed by atoms with E-state index in [9.17, 15) is 4.39 Å². The lowest BCUT2D eigenvalue weighted by atomic mass is 9.97. The molecule has 0 fully saturated rings. The highest BCUT2D eigenvalue weighted by Crippen LogP contribution is 2.21. The number of hydrogen-bond donors (Lipinski definition) is 1. The minimum absolute atomic E-state index is 0.0919. The molecule has 2 heteroatoms. The first-order chi connectivity index (χ1) is 7.40. The standard InChI is InChI=1S/C14H22FN/c1-11(9-10-16-14(2,3)4)12-7-5-6-8-13(12)15/h5-8,11,16H,9-10H2,1-4H3. The molecule has 0 amide bonds. The van der Waals surface area contributed by atoms with Gasteiger partial charge in [-0.05, 0) is 51.3 Å². The van der Waals surface area contributed by atoms with Crippen molar-refractivity contribution in [2.75, 3.05) is 6.54 Å². The summed E-state index contributed by atoms with van der Waals surface area (Å²) in [6, 6.07) is 7.03. The van der Waals surface area contributed by atoms with Crippen LogP contribution < -0.4 is 5.32 Å². The smallest absolute Gasteiger partial charge is 0.126 e. The van der Waals surface area contributed by atoms with Crippen LogP contribution in [0.1, 0.15) is 45.6 Å². The van der Waals surface area contributed by atoms with Crippen LogP contribution in [0.15, 0.2) is 24.3 Å². The molecule has 0 radical (unpaired) electrons. The molecule has 1 N–H and O–H groups in total. The Morgan fingerprint density at radius 3 is 2.44 bits per heavy atom. The first-order valence-electron chi connectivity index (χ1n) is 5.89. The molecule has 0 bridgehead atoms. The van der Waals surface area contributed by atoms with Crippen LogP contribution in [-0.2, 0) is 0 Å². The summed E-state index contributed by atoms with van der Waals surface area (Å²) in [5.74, 6) is 0.168. The summed E-state index contributed by atoms with van der Waals surface area (Å²) in [5.41, 5.74) is 0.952. The summed E-state index contributed by atoms with van der Waals surface area (Å²) in [5, 5.41) is 3.42. The summed E-state index contributed by atoms with van der Waals surface area (Å²) in [4.78, 5) is 0. The van der Waals surface area contributed by atoms with E-state index in [2.05, 4.69) is 33.0 Å². The molecule has 1 nitrogen and oxygen atoms in total. The van der Waals surface area contributed by atoms with Gasteiger partial charge in [-0.1, -0.05) is 25.1 Å². The van der Waals surface area contributed by atoms with E-state index < -0.39 is 0 Å². The Morgan fingerprint density at radius 2 is 1.88 bits per heavy atom. The van der Waals surface area contributed by atoms with E-state index in [1.54, 1.807) is 6.07 Å². The highest BCUT2D eigenvalue weighted by molar-refractivity contribution is 5.20. The second-order valence-electron chi connectivity index (χ2n) is 5.39. The molecule has 0 saturated heterocycles. The Hall–Kier alpha value is -0.890. The lowest BCUT2D eigenvalue weighted by molar-refractivity contribution is 0.412. The average Bonchev–Trinajstić information content (AvgIpc) is 2.16. The van der Waals surface area contributed by atoms with E-state index in [0.29, 0.717) is 0 Å². The van der Waals surface area contributed by atoms with Gasteiger partial charge in [-0.15, -0.1) is 0 Å². The van der Waals surface area contributed by atoms with Crippen LogP contribution in [0.4, 0.5) is 4.39 Å². The largest absolute Gasteiger partial charge is 0.312 e. The van der Waals surface area contributed by atoms with Crippen molar-refractivity contribution >= 4 is 0 Å². The highest BCUT2D eigenvalue weighted by atomic mass is 19.1. The number of rotatable bonds is 4. The van der Waals surface area contributed by atoms with Gasteiger partial charge in [0.1, 0.15) is 5.82 Å². The van der Waals surface area contributed by atoms with Gasteiger partial charge in [0.25, 0.3) is 0 Å². The maximum absolute atomic E-state index is 13.5. The molecule has 0 saturated carbocycles. The Morgan fingerprint density at radius 1 is 1.25 bits per heavy atom. The Labute approximate surface area is 98.1 Å². The van der Waals surface area contributed by atoms with E-state index in [1.807, 2.05) is 12.1 Å². The zero-order chi connectivity index (χ0) is 12.2. The number of nitrogens with one attached hydrogen (secondary N) is 1. The summed E-state index contributed by atoms with van der Waals surface area (Å²) >= 11 is 0. The molecule has 0 aliphatic heterocycles. The van der Waals surface area contributed by atoms with E-state index in [4.69, 9.17) is 0 Å². The fraction of sp³-hybridized carbons (Fsp3) is 0.571. The van der Waals surface area contributed by atoms with Gasteiger partial charge in [0.2, 0.25) is 0 Å². The van der Waals surface area contributed by atoms with Gasteiger partial charge in [-0.2, -0.15) is 0 Å². The first kappa shape index (κ1) is 13.2. The second-order valence-corrected chi connectivity index (χ2v) is 5.39. The number of halogens is 1. The van der Waals surface area contributed by atoms with Gasteiger partial charge in [-0.3, -0.25) is 0 Å². The molecule has 0 aliphatic carbocycles. The van der Waals surface area contributed by atoms with Crippen LogP contribution in [0.3, 0.4) is 0 Å². The predicted octanol–water partition coefficient (Wildman–Crippen LogP) is 3.71. The molecular weight excluding hydrogens is 201 g/mol. The second kappa shape index (κ2) is 5.44. The van der Waals surface area contributed by atoms with Gasteiger partial charge in [0.15, 0.2) is 0 Å². The predicted molar refractivity (Wildman–Crippen MR) is 67.2 cm³/mol.